The van der Waals surface area contributed by atoms with E-state index in [0.29, 0.717) is 0 Å². The van der Waals surface area contributed by atoms with Crippen LogP contribution in [0.5, 0.6) is 0 Å². The fourth-order valence-corrected chi connectivity index (χ4v) is 1.56. The largest absolute Gasteiger partial charge is 0.478 e. The number of esters is 1. The van der Waals surface area contributed by atoms with E-state index >= 15 is 0 Å². The first-order valence-electron chi connectivity index (χ1n) is 5.14. The summed E-state index contributed by atoms with van der Waals surface area (Å²) >= 11 is 0. The van der Waals surface area contributed by atoms with Gasteiger partial charge in [-0.05, 0) is 39.5 Å². The Balaban J connectivity index is 2.59. The molecule has 4 nitrogen and oxygen atoms in total. The molecule has 1 rings (SSSR count). The minimum atomic E-state index is -1.07. The highest BCUT2D eigenvalue weighted by molar-refractivity contribution is 5.98. The molecule has 0 aliphatic heterocycles. The zero-order valence-corrected chi connectivity index (χ0v) is 9.08. The minimum absolute atomic E-state index is 0.0194. The fraction of sp³-hybridized carbons (Fsp3) is 0.636. The maximum absolute atomic E-state index is 11.5. The summed E-state index contributed by atoms with van der Waals surface area (Å²) in [5.74, 6) is -1.57. The lowest BCUT2D eigenvalue weighted by molar-refractivity contribution is -0.144. The van der Waals surface area contributed by atoms with E-state index in [1.165, 1.54) is 13.8 Å². The Labute approximate surface area is 88.9 Å². The summed E-state index contributed by atoms with van der Waals surface area (Å²) < 4.78 is 5.18. The zero-order chi connectivity index (χ0) is 11.4. The highest BCUT2D eigenvalue weighted by Crippen LogP contribution is 2.22. The molecule has 0 heterocycles. The van der Waals surface area contributed by atoms with E-state index in [1.54, 1.807) is 0 Å². The number of carboxylic acid groups (broad SMARTS) is 1. The highest BCUT2D eigenvalue weighted by Gasteiger charge is 2.21. The van der Waals surface area contributed by atoms with Crippen LogP contribution in [0.2, 0.25) is 0 Å². The monoisotopic (exact) mass is 212 g/mol. The first kappa shape index (κ1) is 11.8. The Hall–Kier alpha value is -1.32. The minimum Gasteiger partial charge on any atom is -0.478 e. The van der Waals surface area contributed by atoms with E-state index in [4.69, 9.17) is 9.84 Å². The third-order valence-electron chi connectivity index (χ3n) is 2.77. The molecule has 1 aliphatic carbocycles. The number of rotatable bonds is 3. The number of ether oxygens (including phenoxy) is 1. The van der Waals surface area contributed by atoms with Crippen LogP contribution in [-0.2, 0) is 14.3 Å². The lowest BCUT2D eigenvalue weighted by Gasteiger charge is -2.11. The van der Waals surface area contributed by atoms with Crippen molar-refractivity contribution in [3.63, 3.8) is 0 Å². The van der Waals surface area contributed by atoms with Gasteiger partial charge in [0.25, 0.3) is 0 Å². The lowest BCUT2D eigenvalue weighted by Crippen LogP contribution is -2.17. The summed E-state index contributed by atoms with van der Waals surface area (Å²) in [6.45, 7) is 2.90. The van der Waals surface area contributed by atoms with Crippen LogP contribution < -0.4 is 0 Å². The average molecular weight is 212 g/mol. The molecule has 0 radical (unpaired) electrons. The molecule has 84 valence electrons. The molecule has 0 spiro atoms. The summed E-state index contributed by atoms with van der Waals surface area (Å²) in [7, 11) is 0. The molecule has 0 unspecified atom stereocenters. The van der Waals surface area contributed by atoms with Crippen LogP contribution in [-0.4, -0.2) is 23.1 Å². The fourth-order valence-electron chi connectivity index (χ4n) is 1.56. The summed E-state index contributed by atoms with van der Waals surface area (Å²) in [5.41, 5.74) is 0.243. The maximum Gasteiger partial charge on any atom is 0.334 e. The van der Waals surface area contributed by atoms with Crippen molar-refractivity contribution in [3.8, 4) is 0 Å². The zero-order valence-electron chi connectivity index (χ0n) is 9.08. The van der Waals surface area contributed by atoms with Crippen LogP contribution in [0, 0.1) is 0 Å². The van der Waals surface area contributed by atoms with Crippen LogP contribution in [0.3, 0.4) is 0 Å². The highest BCUT2D eigenvalue weighted by atomic mass is 16.5. The van der Waals surface area contributed by atoms with Crippen LogP contribution >= 0.6 is 0 Å². The molecule has 0 aromatic heterocycles. The van der Waals surface area contributed by atoms with Crippen LogP contribution in [0.4, 0.5) is 0 Å². The van der Waals surface area contributed by atoms with Gasteiger partial charge in [-0.1, -0.05) is 0 Å². The molecule has 1 aliphatic rings. The van der Waals surface area contributed by atoms with Gasteiger partial charge < -0.3 is 9.84 Å². The SMILES string of the molecule is C/C(C(=O)O)=C(/C)C(=O)OC1CCCC1. The van der Waals surface area contributed by atoms with E-state index in [1.807, 2.05) is 0 Å². The van der Waals surface area contributed by atoms with Crippen molar-refractivity contribution < 1.29 is 19.4 Å². The topological polar surface area (TPSA) is 63.6 Å². The summed E-state index contributed by atoms with van der Waals surface area (Å²) in [6, 6.07) is 0. The van der Waals surface area contributed by atoms with Crippen LogP contribution in [0.25, 0.3) is 0 Å². The number of aliphatic carboxylic acids is 1. The third-order valence-corrected chi connectivity index (χ3v) is 2.77. The number of hydrogen-bond acceptors (Lipinski definition) is 3. The molecule has 0 saturated heterocycles. The number of carbonyl (C=O) groups excluding carboxylic acids is 1. The van der Waals surface area contributed by atoms with Crippen molar-refractivity contribution in [1.82, 2.24) is 0 Å². The van der Waals surface area contributed by atoms with E-state index < -0.39 is 11.9 Å². The van der Waals surface area contributed by atoms with Gasteiger partial charge in [-0.3, -0.25) is 0 Å². The van der Waals surface area contributed by atoms with Crippen molar-refractivity contribution in [2.75, 3.05) is 0 Å². The molecule has 15 heavy (non-hydrogen) atoms. The van der Waals surface area contributed by atoms with Gasteiger partial charge in [-0.25, -0.2) is 9.59 Å². The van der Waals surface area contributed by atoms with Gasteiger partial charge in [0.05, 0.1) is 0 Å². The van der Waals surface area contributed by atoms with Crippen molar-refractivity contribution in [2.45, 2.75) is 45.6 Å². The van der Waals surface area contributed by atoms with E-state index in [9.17, 15) is 9.59 Å². The predicted octanol–water partition coefficient (Wildman–Crippen LogP) is 1.89. The molecule has 0 aromatic rings. The normalized spacial score (nSPS) is 18.5. The summed E-state index contributed by atoms with van der Waals surface area (Å²) in [4.78, 5) is 22.1. The molecule has 0 bridgehead atoms. The number of hydrogen-bond donors (Lipinski definition) is 1. The predicted molar refractivity (Wildman–Crippen MR) is 54.4 cm³/mol. The third kappa shape index (κ3) is 3.08. The van der Waals surface area contributed by atoms with Gasteiger partial charge in [0.1, 0.15) is 6.10 Å². The lowest BCUT2D eigenvalue weighted by atomic mass is 10.1. The van der Waals surface area contributed by atoms with Gasteiger partial charge >= 0.3 is 11.9 Å². The smallest absolute Gasteiger partial charge is 0.334 e. The van der Waals surface area contributed by atoms with Gasteiger partial charge in [-0.15, -0.1) is 0 Å². The van der Waals surface area contributed by atoms with E-state index in [0.717, 1.165) is 25.7 Å². The first-order valence-corrected chi connectivity index (χ1v) is 5.14. The van der Waals surface area contributed by atoms with Gasteiger partial charge in [-0.2, -0.15) is 0 Å². The van der Waals surface area contributed by atoms with Crippen molar-refractivity contribution in [2.24, 2.45) is 0 Å². The standard InChI is InChI=1S/C11H16O4/c1-7(10(12)13)8(2)11(14)15-9-5-3-4-6-9/h9H,3-6H2,1-2H3,(H,12,13)/b8-7+. The molecule has 0 aromatic carbocycles. The van der Waals surface area contributed by atoms with Gasteiger partial charge in [0, 0.05) is 11.1 Å². The molecule has 1 fully saturated rings. The van der Waals surface area contributed by atoms with E-state index in [-0.39, 0.29) is 17.3 Å². The number of carboxylic acids is 1. The van der Waals surface area contributed by atoms with Crippen LogP contribution in [0.1, 0.15) is 39.5 Å². The second kappa shape index (κ2) is 4.96. The second-order valence-corrected chi connectivity index (χ2v) is 3.87. The molecule has 0 amide bonds. The van der Waals surface area contributed by atoms with Gasteiger partial charge in [0.15, 0.2) is 0 Å². The Morgan fingerprint density at radius 1 is 1.13 bits per heavy atom. The summed E-state index contributed by atoms with van der Waals surface area (Å²) in [5, 5.41) is 8.70. The molecular weight excluding hydrogens is 196 g/mol. The molecule has 0 atom stereocenters. The number of carbonyl (C=O) groups is 2. The Morgan fingerprint density at radius 2 is 1.67 bits per heavy atom. The molecule has 4 heteroatoms. The molecule has 1 N–H and O–H groups in total. The second-order valence-electron chi connectivity index (χ2n) is 3.87. The quantitative estimate of drug-likeness (QED) is 0.573. The van der Waals surface area contributed by atoms with Crippen molar-refractivity contribution in [3.05, 3.63) is 11.1 Å². The van der Waals surface area contributed by atoms with E-state index in [2.05, 4.69) is 0 Å². The Morgan fingerprint density at radius 3 is 2.13 bits per heavy atom. The maximum atomic E-state index is 11.5. The first-order chi connectivity index (χ1) is 7.02. The Bertz CT molecular complexity index is 298. The molecule has 1 saturated carbocycles. The van der Waals surface area contributed by atoms with Crippen molar-refractivity contribution >= 4 is 11.9 Å². The average Bonchev–Trinajstić information content (AvgIpc) is 2.67. The molecular formula is C11H16O4. The van der Waals surface area contributed by atoms with Crippen LogP contribution in [0.15, 0.2) is 11.1 Å². The van der Waals surface area contributed by atoms with Gasteiger partial charge in [0.2, 0.25) is 0 Å². The Kier molecular flexibility index (Phi) is 3.88. The van der Waals surface area contributed by atoms with Crippen molar-refractivity contribution in [1.29, 1.82) is 0 Å². The summed E-state index contributed by atoms with van der Waals surface area (Å²) in [6.07, 6.45) is 3.93.